The van der Waals surface area contributed by atoms with Crippen LogP contribution in [0.25, 0.3) is 5.69 Å². The Balaban J connectivity index is 1.88. The Kier molecular flexibility index (Phi) is 4.65. The Labute approximate surface area is 146 Å². The van der Waals surface area contributed by atoms with Crippen molar-refractivity contribution in [3.63, 3.8) is 0 Å². The maximum atomic E-state index is 11.2. The van der Waals surface area contributed by atoms with E-state index in [1.165, 1.54) is 0 Å². The summed E-state index contributed by atoms with van der Waals surface area (Å²) >= 11 is 0. The first kappa shape index (κ1) is 17.6. The normalized spacial score (nSPS) is 15.5. The van der Waals surface area contributed by atoms with Gasteiger partial charge >= 0.3 is 0 Å². The van der Waals surface area contributed by atoms with E-state index in [4.69, 9.17) is 8.92 Å². The lowest BCUT2D eigenvalue weighted by molar-refractivity contribution is 0.175. The lowest BCUT2D eigenvalue weighted by atomic mass is 10.2. The van der Waals surface area contributed by atoms with Crippen LogP contribution in [0.4, 0.5) is 5.95 Å². The second-order valence-electron chi connectivity index (χ2n) is 6.23. The van der Waals surface area contributed by atoms with E-state index < -0.39 is 10.1 Å². The number of nitrogens with zero attached hydrogens (tertiary/aromatic N) is 5. The predicted octanol–water partition coefficient (Wildman–Crippen LogP) is 0.959. The smallest absolute Gasteiger partial charge is 0.264 e. The molecule has 10 heteroatoms. The summed E-state index contributed by atoms with van der Waals surface area (Å²) in [4.78, 5) is 6.17. The van der Waals surface area contributed by atoms with Gasteiger partial charge in [-0.2, -0.15) is 8.42 Å². The van der Waals surface area contributed by atoms with Gasteiger partial charge in [0.25, 0.3) is 10.1 Å². The van der Waals surface area contributed by atoms with E-state index in [2.05, 4.69) is 15.2 Å². The molecule has 0 saturated carbocycles. The van der Waals surface area contributed by atoms with Crippen LogP contribution in [0, 0.1) is 0 Å². The summed E-state index contributed by atoms with van der Waals surface area (Å²) in [6.45, 7) is 4.94. The quantitative estimate of drug-likeness (QED) is 0.696. The molecule has 25 heavy (non-hydrogen) atoms. The number of ether oxygens (including phenoxy) is 1. The summed E-state index contributed by atoms with van der Waals surface area (Å²) in [6, 6.07) is 3.66. The zero-order chi connectivity index (χ0) is 18.2. The van der Waals surface area contributed by atoms with Crippen molar-refractivity contribution in [2.75, 3.05) is 31.4 Å². The average molecular weight is 367 g/mol. The van der Waals surface area contributed by atoms with Gasteiger partial charge in [0, 0.05) is 12.0 Å². The van der Waals surface area contributed by atoms with Crippen LogP contribution >= 0.6 is 0 Å². The summed E-state index contributed by atoms with van der Waals surface area (Å²) in [7, 11) is -1.90. The molecular weight excluding hydrogens is 346 g/mol. The number of aromatic nitrogens is 4. The van der Waals surface area contributed by atoms with Crippen LogP contribution in [0.15, 0.2) is 18.3 Å². The van der Waals surface area contributed by atoms with Gasteiger partial charge in [-0.25, -0.2) is 4.98 Å². The molecule has 0 spiro atoms. The highest BCUT2D eigenvalue weighted by molar-refractivity contribution is 7.86. The van der Waals surface area contributed by atoms with Crippen LogP contribution in [0.1, 0.15) is 25.6 Å². The van der Waals surface area contributed by atoms with Crippen molar-refractivity contribution >= 4 is 16.1 Å². The van der Waals surface area contributed by atoms with Gasteiger partial charge in [0.2, 0.25) is 11.8 Å². The third-order valence-electron chi connectivity index (χ3n) is 3.82. The Morgan fingerprint density at radius 2 is 1.96 bits per heavy atom. The Morgan fingerprint density at radius 1 is 1.24 bits per heavy atom. The third-order valence-corrected chi connectivity index (χ3v) is 4.44. The molecule has 3 rings (SSSR count). The first-order valence-electron chi connectivity index (χ1n) is 7.87. The van der Waals surface area contributed by atoms with Gasteiger partial charge in [-0.3, -0.25) is 8.75 Å². The van der Waals surface area contributed by atoms with Crippen LogP contribution in [0.2, 0.25) is 0 Å². The first-order chi connectivity index (χ1) is 11.8. The van der Waals surface area contributed by atoms with Crippen molar-refractivity contribution in [2.24, 2.45) is 0 Å². The van der Waals surface area contributed by atoms with Crippen molar-refractivity contribution in [3.8, 4) is 11.6 Å². The minimum Gasteiger partial charge on any atom is -0.481 e. The molecule has 2 aromatic rings. The Hall–Kier alpha value is -2.20. The van der Waals surface area contributed by atoms with Gasteiger partial charge in [0.15, 0.2) is 0 Å². The summed E-state index contributed by atoms with van der Waals surface area (Å²) in [5.41, 5.74) is 0.817. The van der Waals surface area contributed by atoms with Crippen LogP contribution in [-0.2, 0) is 14.3 Å². The highest BCUT2D eigenvalue weighted by atomic mass is 32.2. The Morgan fingerprint density at radius 3 is 2.48 bits per heavy atom. The molecule has 0 atom stereocenters. The van der Waals surface area contributed by atoms with Gasteiger partial charge in [-0.05, 0) is 6.07 Å². The molecule has 0 radical (unpaired) electrons. The molecule has 1 aliphatic rings. The number of methoxy groups -OCH3 is 1. The van der Waals surface area contributed by atoms with E-state index in [9.17, 15) is 8.42 Å². The highest BCUT2D eigenvalue weighted by Crippen LogP contribution is 2.28. The van der Waals surface area contributed by atoms with E-state index in [1.54, 1.807) is 19.4 Å². The van der Waals surface area contributed by atoms with Crippen molar-refractivity contribution in [1.29, 1.82) is 0 Å². The number of hydrogen-bond acceptors (Lipinski definition) is 8. The Bertz CT molecular complexity index is 841. The molecule has 3 heterocycles. The van der Waals surface area contributed by atoms with Gasteiger partial charge in [0.1, 0.15) is 11.9 Å². The van der Waals surface area contributed by atoms with Gasteiger partial charge < -0.3 is 9.64 Å². The SMILES string of the molecule is COc1ccc(-n2c(C(C)C)nnc2N2CC(OS(C)(=O)=O)C2)cn1. The first-order valence-corrected chi connectivity index (χ1v) is 9.69. The maximum absolute atomic E-state index is 11.2. The van der Waals surface area contributed by atoms with Crippen molar-refractivity contribution in [3.05, 3.63) is 24.2 Å². The second kappa shape index (κ2) is 6.60. The third kappa shape index (κ3) is 3.74. The van der Waals surface area contributed by atoms with E-state index >= 15 is 0 Å². The monoisotopic (exact) mass is 367 g/mol. The number of rotatable bonds is 6. The fraction of sp³-hybridized carbons (Fsp3) is 0.533. The van der Waals surface area contributed by atoms with E-state index in [-0.39, 0.29) is 12.0 Å². The van der Waals surface area contributed by atoms with E-state index in [0.29, 0.717) is 24.9 Å². The molecule has 2 aromatic heterocycles. The number of hydrogen-bond donors (Lipinski definition) is 0. The molecule has 0 aromatic carbocycles. The zero-order valence-corrected chi connectivity index (χ0v) is 15.4. The van der Waals surface area contributed by atoms with Gasteiger partial charge in [-0.1, -0.05) is 13.8 Å². The number of anilines is 1. The van der Waals surface area contributed by atoms with Gasteiger partial charge in [0.05, 0.1) is 38.3 Å². The zero-order valence-electron chi connectivity index (χ0n) is 14.6. The highest BCUT2D eigenvalue weighted by Gasteiger charge is 2.34. The molecule has 1 saturated heterocycles. The predicted molar refractivity (Wildman–Crippen MR) is 91.7 cm³/mol. The number of pyridine rings is 1. The fourth-order valence-corrected chi connectivity index (χ4v) is 3.27. The minimum absolute atomic E-state index is 0.160. The van der Waals surface area contributed by atoms with Crippen LogP contribution in [-0.4, -0.2) is 60.7 Å². The van der Waals surface area contributed by atoms with Crippen molar-refractivity contribution in [2.45, 2.75) is 25.9 Å². The van der Waals surface area contributed by atoms with Crippen LogP contribution in [0.3, 0.4) is 0 Å². The second-order valence-corrected chi connectivity index (χ2v) is 7.84. The standard InChI is InChI=1S/C15H21N5O4S/c1-10(2)14-17-18-15(19-8-12(9-19)24-25(4,21)22)20(14)11-5-6-13(23-3)16-7-11/h5-7,10,12H,8-9H2,1-4H3. The molecule has 0 aliphatic carbocycles. The largest absolute Gasteiger partial charge is 0.481 e. The molecular formula is C15H21N5O4S. The summed E-state index contributed by atoms with van der Waals surface area (Å²) in [6.07, 6.45) is 2.39. The van der Waals surface area contributed by atoms with Gasteiger partial charge in [-0.15, -0.1) is 10.2 Å². The van der Waals surface area contributed by atoms with Crippen molar-refractivity contribution < 1.29 is 17.3 Å². The molecule has 0 bridgehead atoms. The van der Waals surface area contributed by atoms with Crippen molar-refractivity contribution in [1.82, 2.24) is 19.7 Å². The summed E-state index contributed by atoms with van der Waals surface area (Å²) in [5, 5.41) is 8.57. The molecule has 9 nitrogen and oxygen atoms in total. The molecule has 136 valence electrons. The molecule has 1 fully saturated rings. The maximum Gasteiger partial charge on any atom is 0.264 e. The molecule has 0 unspecified atom stereocenters. The van der Waals surface area contributed by atoms with E-state index in [0.717, 1.165) is 17.8 Å². The lowest BCUT2D eigenvalue weighted by Crippen LogP contribution is -2.53. The fourth-order valence-electron chi connectivity index (χ4n) is 2.65. The molecule has 0 amide bonds. The van der Waals surface area contributed by atoms with Crippen LogP contribution in [0.5, 0.6) is 5.88 Å². The van der Waals surface area contributed by atoms with E-state index in [1.807, 2.05) is 29.4 Å². The topological polar surface area (TPSA) is 99.4 Å². The minimum atomic E-state index is -3.46. The lowest BCUT2D eigenvalue weighted by Gasteiger charge is -2.38. The molecule has 1 aliphatic heterocycles. The summed E-state index contributed by atoms with van der Waals surface area (Å²) < 4.78 is 34.5. The summed E-state index contributed by atoms with van der Waals surface area (Å²) in [5.74, 6) is 2.13. The average Bonchev–Trinajstić information content (AvgIpc) is 2.94. The molecule has 0 N–H and O–H groups in total. The van der Waals surface area contributed by atoms with Crippen LogP contribution < -0.4 is 9.64 Å².